The van der Waals surface area contributed by atoms with Crippen molar-refractivity contribution in [2.24, 2.45) is 0 Å². The van der Waals surface area contributed by atoms with Crippen molar-refractivity contribution in [1.82, 2.24) is 4.42 Å². The summed E-state index contributed by atoms with van der Waals surface area (Å²) >= 11 is 19.1. The van der Waals surface area contributed by atoms with Gasteiger partial charge in [0.15, 0.2) is 0 Å². The maximum absolute atomic E-state index is 12.2. The SMILES string of the molecule is O=C1CC(c2ccccc2Cl)N(Cl)C(c2ccccc2Cl)C1. The number of ketones is 1. The zero-order valence-corrected chi connectivity index (χ0v) is 13.9. The van der Waals surface area contributed by atoms with E-state index in [4.69, 9.17) is 35.0 Å². The van der Waals surface area contributed by atoms with E-state index in [1.54, 1.807) is 4.42 Å². The van der Waals surface area contributed by atoms with Crippen molar-refractivity contribution in [3.63, 3.8) is 0 Å². The predicted molar refractivity (Wildman–Crippen MR) is 90.3 cm³/mol. The third-order valence-corrected chi connectivity index (χ3v) is 5.13. The molecule has 0 radical (unpaired) electrons. The molecule has 22 heavy (non-hydrogen) atoms. The number of rotatable bonds is 2. The van der Waals surface area contributed by atoms with Crippen LogP contribution in [0.1, 0.15) is 36.1 Å². The van der Waals surface area contributed by atoms with Crippen LogP contribution in [-0.2, 0) is 4.79 Å². The zero-order valence-electron chi connectivity index (χ0n) is 11.7. The maximum atomic E-state index is 12.2. The lowest BCUT2D eigenvalue weighted by Crippen LogP contribution is -2.34. The van der Waals surface area contributed by atoms with Crippen LogP contribution in [0.5, 0.6) is 0 Å². The Labute approximate surface area is 144 Å². The van der Waals surface area contributed by atoms with Crippen LogP contribution in [0, 0.1) is 0 Å². The molecule has 0 spiro atoms. The summed E-state index contributed by atoms with van der Waals surface area (Å²) in [7, 11) is 0. The quantitative estimate of drug-likeness (QED) is 0.655. The number of halogens is 3. The summed E-state index contributed by atoms with van der Waals surface area (Å²) in [6.07, 6.45) is 0.711. The van der Waals surface area contributed by atoms with E-state index < -0.39 is 0 Å². The van der Waals surface area contributed by atoms with Gasteiger partial charge in [-0.1, -0.05) is 59.6 Å². The first-order valence-electron chi connectivity index (χ1n) is 7.02. The maximum Gasteiger partial charge on any atom is 0.136 e. The van der Waals surface area contributed by atoms with Gasteiger partial charge in [-0.2, -0.15) is 0 Å². The number of Topliss-reactive ketones (excluding diaryl/α,β-unsaturated/α-hetero) is 1. The molecule has 2 aromatic rings. The lowest BCUT2D eigenvalue weighted by Gasteiger charge is -2.37. The molecule has 2 atom stereocenters. The molecule has 1 saturated heterocycles. The van der Waals surface area contributed by atoms with Gasteiger partial charge in [0.05, 0.1) is 12.1 Å². The normalized spacial score (nSPS) is 22.8. The van der Waals surface area contributed by atoms with Crippen LogP contribution >= 0.6 is 35.0 Å². The van der Waals surface area contributed by atoms with E-state index in [-0.39, 0.29) is 17.9 Å². The van der Waals surface area contributed by atoms with E-state index in [0.29, 0.717) is 22.9 Å². The summed E-state index contributed by atoms with van der Waals surface area (Å²) in [6, 6.07) is 14.5. The van der Waals surface area contributed by atoms with Gasteiger partial charge in [0.25, 0.3) is 0 Å². The van der Waals surface area contributed by atoms with Crippen LogP contribution < -0.4 is 0 Å². The molecule has 1 aliphatic heterocycles. The van der Waals surface area contributed by atoms with E-state index in [2.05, 4.69) is 0 Å². The highest BCUT2D eigenvalue weighted by Crippen LogP contribution is 2.44. The molecule has 1 fully saturated rings. The summed E-state index contributed by atoms with van der Waals surface area (Å²) < 4.78 is 1.68. The molecule has 1 aliphatic rings. The van der Waals surface area contributed by atoms with E-state index in [9.17, 15) is 4.79 Å². The molecule has 2 unspecified atom stereocenters. The lowest BCUT2D eigenvalue weighted by atomic mass is 9.89. The first-order valence-corrected chi connectivity index (χ1v) is 8.12. The zero-order chi connectivity index (χ0) is 15.7. The van der Waals surface area contributed by atoms with Crippen molar-refractivity contribution in [2.45, 2.75) is 24.9 Å². The monoisotopic (exact) mass is 353 g/mol. The van der Waals surface area contributed by atoms with Crippen LogP contribution in [0.15, 0.2) is 48.5 Å². The van der Waals surface area contributed by atoms with Gasteiger partial charge >= 0.3 is 0 Å². The molecule has 0 aliphatic carbocycles. The van der Waals surface area contributed by atoms with Crippen LogP contribution in [0.4, 0.5) is 0 Å². The van der Waals surface area contributed by atoms with Gasteiger partial charge in [0.2, 0.25) is 0 Å². The molecule has 0 bridgehead atoms. The first-order chi connectivity index (χ1) is 10.6. The lowest BCUT2D eigenvalue weighted by molar-refractivity contribution is -0.123. The predicted octanol–water partition coefficient (Wildman–Crippen LogP) is 5.59. The van der Waals surface area contributed by atoms with Gasteiger partial charge in [0, 0.05) is 22.9 Å². The highest BCUT2D eigenvalue weighted by atomic mass is 35.5. The Morgan fingerprint density at radius 2 is 1.23 bits per heavy atom. The molecular formula is C17H14Cl3NO. The van der Waals surface area contributed by atoms with Gasteiger partial charge in [-0.3, -0.25) is 4.79 Å². The topological polar surface area (TPSA) is 20.3 Å². The first kappa shape index (κ1) is 15.8. The van der Waals surface area contributed by atoms with E-state index >= 15 is 0 Å². The number of nitrogens with zero attached hydrogens (tertiary/aromatic N) is 1. The van der Waals surface area contributed by atoms with E-state index in [0.717, 1.165) is 11.1 Å². The van der Waals surface area contributed by atoms with Crippen LogP contribution in [0.3, 0.4) is 0 Å². The van der Waals surface area contributed by atoms with Gasteiger partial charge in [-0.25, -0.2) is 4.42 Å². The minimum absolute atomic E-state index is 0.159. The molecule has 0 N–H and O–H groups in total. The van der Waals surface area contributed by atoms with Crippen molar-refractivity contribution in [3.8, 4) is 0 Å². The smallest absolute Gasteiger partial charge is 0.136 e. The van der Waals surface area contributed by atoms with Gasteiger partial charge in [-0.15, -0.1) is 0 Å². The highest BCUT2D eigenvalue weighted by Gasteiger charge is 2.37. The Morgan fingerprint density at radius 3 is 1.64 bits per heavy atom. The third kappa shape index (κ3) is 3.02. The third-order valence-electron chi connectivity index (χ3n) is 3.97. The Balaban J connectivity index is 1.99. The molecule has 0 aromatic heterocycles. The molecule has 0 saturated carbocycles. The Morgan fingerprint density at radius 1 is 0.818 bits per heavy atom. The molecule has 0 amide bonds. The molecule has 2 aromatic carbocycles. The van der Waals surface area contributed by atoms with E-state index in [1.807, 2.05) is 48.5 Å². The highest BCUT2D eigenvalue weighted by molar-refractivity contribution is 6.32. The molecule has 114 valence electrons. The average Bonchev–Trinajstić information content (AvgIpc) is 2.51. The minimum Gasteiger partial charge on any atom is -0.300 e. The van der Waals surface area contributed by atoms with Crippen LogP contribution in [0.25, 0.3) is 0 Å². The fourth-order valence-corrected chi connectivity index (χ4v) is 3.75. The second-order valence-corrected chi connectivity index (χ2v) is 6.57. The number of piperidine rings is 1. The molecule has 5 heteroatoms. The summed E-state index contributed by atoms with van der Waals surface area (Å²) in [5.74, 6) is 0.159. The molecular weight excluding hydrogens is 341 g/mol. The Bertz CT molecular complexity index is 646. The number of benzene rings is 2. The van der Waals surface area contributed by atoms with Crippen LogP contribution in [0.2, 0.25) is 10.0 Å². The fourth-order valence-electron chi connectivity index (χ4n) is 2.88. The standard InChI is InChI=1S/C17H14Cl3NO/c18-14-7-3-1-5-12(14)16-9-11(22)10-17(21(16)20)13-6-2-4-8-15(13)19/h1-8,16-17H,9-10H2. The van der Waals surface area contributed by atoms with E-state index in [1.165, 1.54) is 0 Å². The number of carbonyl (C=O) groups excluding carboxylic acids is 1. The summed E-state index contributed by atoms with van der Waals surface area (Å²) in [5, 5.41) is 1.23. The van der Waals surface area contributed by atoms with Crippen molar-refractivity contribution >= 4 is 40.8 Å². The van der Waals surface area contributed by atoms with Gasteiger partial charge in [0.1, 0.15) is 5.78 Å². The Kier molecular flexibility index (Phi) is 4.74. The molecule has 1 heterocycles. The van der Waals surface area contributed by atoms with Crippen molar-refractivity contribution < 1.29 is 4.79 Å². The average molecular weight is 355 g/mol. The largest absolute Gasteiger partial charge is 0.300 e. The minimum atomic E-state index is -0.252. The van der Waals surface area contributed by atoms with Gasteiger partial charge in [-0.05, 0) is 35.0 Å². The molecule has 2 nitrogen and oxygen atoms in total. The second kappa shape index (κ2) is 6.59. The summed E-state index contributed by atoms with van der Waals surface area (Å²) in [6.45, 7) is 0. The fraction of sp³-hybridized carbons (Fsp3) is 0.235. The summed E-state index contributed by atoms with van der Waals surface area (Å²) in [4.78, 5) is 12.2. The summed E-state index contributed by atoms with van der Waals surface area (Å²) in [5.41, 5.74) is 1.73. The number of hydrogen-bond acceptors (Lipinski definition) is 2. The Hall–Kier alpha value is -1.06. The van der Waals surface area contributed by atoms with Crippen molar-refractivity contribution in [1.29, 1.82) is 0 Å². The van der Waals surface area contributed by atoms with Crippen molar-refractivity contribution in [3.05, 3.63) is 69.7 Å². The number of hydrogen-bond donors (Lipinski definition) is 0. The van der Waals surface area contributed by atoms with Gasteiger partial charge < -0.3 is 0 Å². The number of carbonyl (C=O) groups is 1. The molecule has 3 rings (SSSR count). The van der Waals surface area contributed by atoms with Crippen LogP contribution in [-0.4, -0.2) is 10.2 Å². The second-order valence-electron chi connectivity index (χ2n) is 5.37. The van der Waals surface area contributed by atoms with Crippen molar-refractivity contribution in [2.75, 3.05) is 0 Å².